The third kappa shape index (κ3) is 3.32. The predicted molar refractivity (Wildman–Crippen MR) is 69.9 cm³/mol. The largest absolute Gasteiger partial charge is 0.334 e. The molecule has 1 aromatic carbocycles. The quantitative estimate of drug-likeness (QED) is 0.883. The molecule has 0 saturated carbocycles. The summed E-state index contributed by atoms with van der Waals surface area (Å²) in [6.45, 7) is 4.74. The monoisotopic (exact) mass is 249 g/mol. The van der Waals surface area contributed by atoms with Crippen molar-refractivity contribution in [2.75, 3.05) is 0 Å². The molecule has 0 aliphatic rings. The highest BCUT2D eigenvalue weighted by Gasteiger charge is 1.99. The van der Waals surface area contributed by atoms with Gasteiger partial charge in [-0.2, -0.15) is 0 Å². The molecule has 0 spiro atoms. The lowest BCUT2D eigenvalue weighted by molar-refractivity contribution is 0.628. The van der Waals surface area contributed by atoms with E-state index in [-0.39, 0.29) is 0 Å². The Labute approximate surface area is 106 Å². The van der Waals surface area contributed by atoms with Gasteiger partial charge in [-0.3, -0.25) is 0 Å². The van der Waals surface area contributed by atoms with E-state index in [1.54, 1.807) is 0 Å². The van der Waals surface area contributed by atoms with Crippen LogP contribution >= 0.6 is 11.6 Å². The molecule has 0 unspecified atom stereocenters. The maximum Gasteiger partial charge on any atom is 0.0948 e. The molecule has 3 nitrogen and oxygen atoms in total. The number of hydrogen-bond acceptors (Lipinski definition) is 2. The number of hydrogen-bond donors (Lipinski definition) is 1. The average molecular weight is 250 g/mol. The summed E-state index contributed by atoms with van der Waals surface area (Å²) in [4.78, 5) is 4.14. The SMILES string of the molecule is CCn1cncc1CNCc1ccc(Cl)cc1. The van der Waals surface area contributed by atoms with Crippen molar-refractivity contribution in [2.24, 2.45) is 0 Å². The molecular formula is C13H16ClN3. The summed E-state index contributed by atoms with van der Waals surface area (Å²) in [5.41, 5.74) is 2.44. The van der Waals surface area contributed by atoms with E-state index in [9.17, 15) is 0 Å². The Kier molecular flexibility index (Phi) is 4.18. The van der Waals surface area contributed by atoms with Crippen LogP contribution in [0.25, 0.3) is 0 Å². The van der Waals surface area contributed by atoms with Gasteiger partial charge in [0.15, 0.2) is 0 Å². The molecule has 0 radical (unpaired) electrons. The number of halogens is 1. The topological polar surface area (TPSA) is 29.9 Å². The molecule has 17 heavy (non-hydrogen) atoms. The van der Waals surface area contributed by atoms with E-state index < -0.39 is 0 Å². The second-order valence-corrected chi connectivity index (χ2v) is 4.34. The van der Waals surface area contributed by atoms with Gasteiger partial charge in [0.1, 0.15) is 0 Å². The number of nitrogens with zero attached hydrogens (tertiary/aromatic N) is 2. The molecule has 0 aliphatic carbocycles. The van der Waals surface area contributed by atoms with Gasteiger partial charge in [-0.1, -0.05) is 23.7 Å². The van der Waals surface area contributed by atoms with Crippen LogP contribution in [-0.2, 0) is 19.6 Å². The highest BCUT2D eigenvalue weighted by atomic mass is 35.5. The Morgan fingerprint density at radius 1 is 1.24 bits per heavy atom. The van der Waals surface area contributed by atoms with Gasteiger partial charge in [0.25, 0.3) is 0 Å². The normalized spacial score (nSPS) is 10.7. The Hall–Kier alpha value is -1.32. The first-order valence-corrected chi connectivity index (χ1v) is 6.11. The molecule has 90 valence electrons. The van der Waals surface area contributed by atoms with Crippen LogP contribution in [0.5, 0.6) is 0 Å². The molecule has 1 aromatic heterocycles. The van der Waals surface area contributed by atoms with E-state index in [1.165, 1.54) is 11.3 Å². The lowest BCUT2D eigenvalue weighted by atomic mass is 10.2. The molecular weight excluding hydrogens is 234 g/mol. The van der Waals surface area contributed by atoms with Crippen molar-refractivity contribution in [3.8, 4) is 0 Å². The lowest BCUT2D eigenvalue weighted by Gasteiger charge is -2.07. The van der Waals surface area contributed by atoms with Crippen molar-refractivity contribution in [3.63, 3.8) is 0 Å². The molecule has 0 fully saturated rings. The molecule has 4 heteroatoms. The van der Waals surface area contributed by atoms with Gasteiger partial charge >= 0.3 is 0 Å². The summed E-state index contributed by atoms with van der Waals surface area (Å²) in [5.74, 6) is 0. The standard InChI is InChI=1S/C13H16ClN3/c1-2-17-10-16-9-13(17)8-15-7-11-3-5-12(14)6-4-11/h3-6,9-10,15H,2,7-8H2,1H3. The maximum absolute atomic E-state index is 5.83. The number of rotatable bonds is 5. The molecule has 0 bridgehead atoms. The van der Waals surface area contributed by atoms with E-state index in [4.69, 9.17) is 11.6 Å². The van der Waals surface area contributed by atoms with Crippen LogP contribution in [0.1, 0.15) is 18.2 Å². The van der Waals surface area contributed by atoms with Crippen molar-refractivity contribution in [3.05, 3.63) is 53.1 Å². The van der Waals surface area contributed by atoms with Gasteiger partial charge in [-0.25, -0.2) is 4.98 Å². The number of nitrogens with one attached hydrogen (secondary N) is 1. The first-order valence-electron chi connectivity index (χ1n) is 5.73. The summed E-state index contributed by atoms with van der Waals surface area (Å²) in [6.07, 6.45) is 3.76. The molecule has 1 heterocycles. The maximum atomic E-state index is 5.83. The molecule has 1 N–H and O–H groups in total. The van der Waals surface area contributed by atoms with Crippen LogP contribution in [-0.4, -0.2) is 9.55 Å². The summed E-state index contributed by atoms with van der Waals surface area (Å²) >= 11 is 5.83. The van der Waals surface area contributed by atoms with Crippen LogP contribution < -0.4 is 5.32 Å². The first kappa shape index (κ1) is 12.1. The summed E-state index contributed by atoms with van der Waals surface area (Å²) < 4.78 is 2.13. The van der Waals surface area contributed by atoms with E-state index in [0.29, 0.717) is 0 Å². The van der Waals surface area contributed by atoms with Gasteiger partial charge in [0, 0.05) is 30.9 Å². The second-order valence-electron chi connectivity index (χ2n) is 3.90. The summed E-state index contributed by atoms with van der Waals surface area (Å²) in [6, 6.07) is 7.89. The molecule has 2 rings (SSSR count). The van der Waals surface area contributed by atoms with Crippen molar-refractivity contribution >= 4 is 11.6 Å². The fourth-order valence-electron chi connectivity index (χ4n) is 1.72. The van der Waals surface area contributed by atoms with E-state index >= 15 is 0 Å². The van der Waals surface area contributed by atoms with Gasteiger partial charge in [0.2, 0.25) is 0 Å². The van der Waals surface area contributed by atoms with Crippen LogP contribution in [0.15, 0.2) is 36.8 Å². The summed E-state index contributed by atoms with van der Waals surface area (Å²) in [7, 11) is 0. The zero-order valence-electron chi connectivity index (χ0n) is 9.86. The summed E-state index contributed by atoms with van der Waals surface area (Å²) in [5, 5.41) is 4.17. The molecule has 0 saturated heterocycles. The van der Waals surface area contributed by atoms with Crippen molar-refractivity contribution < 1.29 is 0 Å². The Balaban J connectivity index is 1.85. The highest BCUT2D eigenvalue weighted by Crippen LogP contribution is 2.09. The van der Waals surface area contributed by atoms with E-state index in [2.05, 4.69) is 21.8 Å². The number of aromatic nitrogens is 2. The third-order valence-electron chi connectivity index (χ3n) is 2.69. The number of aryl methyl sites for hydroxylation is 1. The fraction of sp³-hybridized carbons (Fsp3) is 0.308. The van der Waals surface area contributed by atoms with Crippen LogP contribution in [0.2, 0.25) is 5.02 Å². The van der Waals surface area contributed by atoms with Gasteiger partial charge < -0.3 is 9.88 Å². The zero-order valence-corrected chi connectivity index (χ0v) is 10.6. The molecule has 0 aliphatic heterocycles. The third-order valence-corrected chi connectivity index (χ3v) is 2.94. The van der Waals surface area contributed by atoms with Gasteiger partial charge in [-0.15, -0.1) is 0 Å². The minimum absolute atomic E-state index is 0.776. The van der Waals surface area contributed by atoms with Crippen molar-refractivity contribution in [2.45, 2.75) is 26.6 Å². The van der Waals surface area contributed by atoms with E-state index in [0.717, 1.165) is 24.7 Å². The Morgan fingerprint density at radius 3 is 2.71 bits per heavy atom. The van der Waals surface area contributed by atoms with Gasteiger partial charge in [-0.05, 0) is 24.6 Å². The lowest BCUT2D eigenvalue weighted by Crippen LogP contribution is -2.15. The number of benzene rings is 1. The highest BCUT2D eigenvalue weighted by molar-refractivity contribution is 6.30. The molecule has 0 atom stereocenters. The van der Waals surface area contributed by atoms with Crippen molar-refractivity contribution in [1.29, 1.82) is 0 Å². The zero-order chi connectivity index (χ0) is 12.1. The smallest absolute Gasteiger partial charge is 0.0948 e. The second kappa shape index (κ2) is 5.84. The van der Waals surface area contributed by atoms with Gasteiger partial charge in [0.05, 0.1) is 12.0 Å². The van der Waals surface area contributed by atoms with Crippen LogP contribution in [0, 0.1) is 0 Å². The minimum atomic E-state index is 0.776. The van der Waals surface area contributed by atoms with Crippen LogP contribution in [0.3, 0.4) is 0 Å². The number of imidazole rings is 1. The average Bonchev–Trinajstić information content (AvgIpc) is 2.79. The molecule has 0 amide bonds. The van der Waals surface area contributed by atoms with Crippen LogP contribution in [0.4, 0.5) is 0 Å². The first-order chi connectivity index (χ1) is 8.29. The van der Waals surface area contributed by atoms with Crippen molar-refractivity contribution in [1.82, 2.24) is 14.9 Å². The Bertz CT molecular complexity index is 462. The molecule has 2 aromatic rings. The predicted octanol–water partition coefficient (Wildman–Crippen LogP) is 2.85. The van der Waals surface area contributed by atoms with E-state index in [1.807, 2.05) is 36.8 Å². The fourth-order valence-corrected chi connectivity index (χ4v) is 1.84. The minimum Gasteiger partial charge on any atom is -0.334 e. The Morgan fingerprint density at radius 2 is 2.00 bits per heavy atom.